The van der Waals surface area contributed by atoms with E-state index in [9.17, 15) is 4.79 Å². The van der Waals surface area contributed by atoms with Gasteiger partial charge in [0.05, 0.1) is 37.2 Å². The van der Waals surface area contributed by atoms with Crippen molar-refractivity contribution in [3.05, 3.63) is 42.1 Å². The number of morpholine rings is 1. The van der Waals surface area contributed by atoms with Crippen LogP contribution in [0.3, 0.4) is 0 Å². The van der Waals surface area contributed by atoms with E-state index in [4.69, 9.17) is 9.47 Å². The van der Waals surface area contributed by atoms with Gasteiger partial charge >= 0.3 is 0 Å². The van der Waals surface area contributed by atoms with Gasteiger partial charge in [0.25, 0.3) is 0 Å². The molecule has 1 aromatic heterocycles. The topological polar surface area (TPSA) is 66.9 Å². The highest BCUT2D eigenvalue weighted by Gasteiger charge is 2.46. The number of aromatic nitrogens is 1. The summed E-state index contributed by atoms with van der Waals surface area (Å²) in [7, 11) is 1.82. The molecule has 1 aromatic carbocycles. The lowest BCUT2D eigenvalue weighted by Gasteiger charge is -2.47. The van der Waals surface area contributed by atoms with Crippen LogP contribution >= 0.6 is 0 Å². The van der Waals surface area contributed by atoms with Crippen LogP contribution in [0.5, 0.6) is 0 Å². The molecule has 4 unspecified atom stereocenters. The van der Waals surface area contributed by atoms with Crippen LogP contribution in [0, 0.1) is 17.8 Å². The molecule has 3 heterocycles. The first-order valence-electron chi connectivity index (χ1n) is 12.2. The number of hydrogen-bond donors (Lipinski definition) is 1. The highest BCUT2D eigenvalue weighted by Crippen LogP contribution is 2.48. The fourth-order valence-electron chi connectivity index (χ4n) is 6.29. The zero-order valence-electron chi connectivity index (χ0n) is 19.2. The summed E-state index contributed by atoms with van der Waals surface area (Å²) >= 11 is 0. The maximum Gasteiger partial charge on any atom is 0.230 e. The fourth-order valence-corrected chi connectivity index (χ4v) is 6.29. The third kappa shape index (κ3) is 3.77. The van der Waals surface area contributed by atoms with E-state index < -0.39 is 0 Å². The Morgan fingerprint density at radius 3 is 2.79 bits per heavy atom. The Morgan fingerprint density at radius 1 is 1.15 bits per heavy atom. The summed E-state index contributed by atoms with van der Waals surface area (Å²) in [5, 5.41) is 3.50. The standard InChI is InChI=1S/C26H32N4O3/c1-32-24-14-17-4-5-18(24)13-21(17)26(31)30-16-19-3-2-8-27-25(19)28-22-7-6-20(15-23(22)30)29-9-11-33-12-10-29/h2-3,6-8,15,17-18,21,24H,4-5,9-14,16H2,1H3,(H,27,28). The molecule has 33 heavy (non-hydrogen) atoms. The van der Waals surface area contributed by atoms with Crippen molar-refractivity contribution in [1.29, 1.82) is 0 Å². The number of methoxy groups -OCH3 is 1. The van der Waals surface area contributed by atoms with Gasteiger partial charge in [-0.3, -0.25) is 4.79 Å². The Morgan fingerprint density at radius 2 is 2.00 bits per heavy atom. The number of fused-ring (bicyclic) bond motifs is 5. The van der Waals surface area contributed by atoms with Crippen molar-refractivity contribution >= 4 is 28.8 Å². The van der Waals surface area contributed by atoms with Gasteiger partial charge < -0.3 is 24.6 Å². The number of nitrogens with zero attached hydrogens (tertiary/aromatic N) is 3. The highest BCUT2D eigenvalue weighted by molar-refractivity contribution is 6.00. The Hall–Kier alpha value is -2.64. The second-order valence-corrected chi connectivity index (χ2v) is 9.81. The number of rotatable bonds is 3. The van der Waals surface area contributed by atoms with Crippen molar-refractivity contribution in [2.75, 3.05) is 48.5 Å². The predicted octanol–water partition coefficient (Wildman–Crippen LogP) is 3.96. The number of amides is 1. The molecule has 174 valence electrons. The van der Waals surface area contributed by atoms with Crippen LogP contribution in [0.1, 0.15) is 31.2 Å². The third-order valence-corrected chi connectivity index (χ3v) is 8.10. The maximum absolute atomic E-state index is 14.2. The SMILES string of the molecule is COC1CC2CCC1CC2C(=O)N1Cc2cccnc2Nc2ccc(N3CCOCC3)cc21. The van der Waals surface area contributed by atoms with Crippen LogP contribution < -0.4 is 15.1 Å². The number of anilines is 4. The zero-order valence-corrected chi connectivity index (χ0v) is 19.2. The van der Waals surface area contributed by atoms with Crippen LogP contribution in [-0.2, 0) is 20.8 Å². The first-order chi connectivity index (χ1) is 16.2. The molecule has 1 amide bonds. The Labute approximate surface area is 195 Å². The summed E-state index contributed by atoms with van der Waals surface area (Å²) in [5.41, 5.74) is 4.08. The molecule has 7 rings (SSSR count). The largest absolute Gasteiger partial charge is 0.381 e. The molecular formula is C26H32N4O3. The molecule has 7 heteroatoms. The first kappa shape index (κ1) is 20.9. The van der Waals surface area contributed by atoms with E-state index in [-0.39, 0.29) is 11.8 Å². The predicted molar refractivity (Wildman–Crippen MR) is 128 cm³/mol. The molecule has 1 saturated heterocycles. The molecule has 7 nitrogen and oxygen atoms in total. The molecule has 1 N–H and O–H groups in total. The van der Waals surface area contributed by atoms with Crippen molar-refractivity contribution in [1.82, 2.24) is 4.98 Å². The van der Waals surface area contributed by atoms with E-state index in [0.717, 1.165) is 74.0 Å². The van der Waals surface area contributed by atoms with Gasteiger partial charge in [0, 0.05) is 43.6 Å². The molecule has 0 radical (unpaired) electrons. The van der Waals surface area contributed by atoms with Crippen molar-refractivity contribution < 1.29 is 14.3 Å². The smallest absolute Gasteiger partial charge is 0.230 e. The quantitative estimate of drug-likeness (QED) is 0.767. The second-order valence-electron chi connectivity index (χ2n) is 9.81. The lowest BCUT2D eigenvalue weighted by atomic mass is 9.63. The van der Waals surface area contributed by atoms with Gasteiger partial charge in [-0.05, 0) is 61.8 Å². The minimum atomic E-state index is 0.0632. The molecule has 3 saturated carbocycles. The average Bonchev–Trinajstić information content (AvgIpc) is 3.05. The average molecular weight is 449 g/mol. The Bertz CT molecular complexity index is 1040. The number of nitrogens with one attached hydrogen (secondary N) is 1. The number of carbonyl (C=O) groups is 1. The summed E-state index contributed by atoms with van der Waals surface area (Å²) in [6, 6.07) is 10.4. The monoisotopic (exact) mass is 448 g/mol. The molecular weight excluding hydrogens is 416 g/mol. The van der Waals surface area contributed by atoms with Gasteiger partial charge in [0.1, 0.15) is 5.82 Å². The fraction of sp³-hybridized carbons (Fsp3) is 0.538. The van der Waals surface area contributed by atoms with E-state index in [1.807, 2.05) is 18.1 Å². The Balaban J connectivity index is 1.37. The minimum absolute atomic E-state index is 0.0632. The van der Waals surface area contributed by atoms with E-state index in [0.29, 0.717) is 24.5 Å². The number of benzene rings is 1. The van der Waals surface area contributed by atoms with E-state index in [1.165, 1.54) is 6.42 Å². The summed E-state index contributed by atoms with van der Waals surface area (Å²) < 4.78 is 11.3. The van der Waals surface area contributed by atoms with Crippen molar-refractivity contribution in [3.8, 4) is 0 Å². The normalized spacial score (nSPS) is 28.5. The van der Waals surface area contributed by atoms with Crippen LogP contribution in [0.2, 0.25) is 0 Å². The molecule has 4 atom stereocenters. The molecule has 3 aliphatic carbocycles. The van der Waals surface area contributed by atoms with Gasteiger partial charge in [-0.25, -0.2) is 4.98 Å². The van der Waals surface area contributed by atoms with Crippen LogP contribution in [0.15, 0.2) is 36.5 Å². The van der Waals surface area contributed by atoms with Crippen molar-refractivity contribution in [3.63, 3.8) is 0 Å². The summed E-state index contributed by atoms with van der Waals surface area (Å²) in [5.74, 6) is 2.04. The van der Waals surface area contributed by atoms with Crippen LogP contribution in [-0.4, -0.2) is 50.4 Å². The minimum Gasteiger partial charge on any atom is -0.381 e. The first-order valence-corrected chi connectivity index (χ1v) is 12.2. The molecule has 4 fully saturated rings. The van der Waals surface area contributed by atoms with E-state index in [2.05, 4.69) is 39.5 Å². The number of hydrogen-bond acceptors (Lipinski definition) is 6. The summed E-state index contributed by atoms with van der Waals surface area (Å²) in [4.78, 5) is 23.1. The lowest BCUT2D eigenvalue weighted by Crippen LogP contribution is -2.48. The number of pyridine rings is 1. The number of carbonyl (C=O) groups excluding carboxylic acids is 1. The van der Waals surface area contributed by atoms with Gasteiger partial charge in [-0.2, -0.15) is 0 Å². The second kappa shape index (κ2) is 8.61. The van der Waals surface area contributed by atoms with Gasteiger partial charge in [-0.15, -0.1) is 0 Å². The third-order valence-electron chi connectivity index (χ3n) is 8.10. The van der Waals surface area contributed by atoms with Crippen molar-refractivity contribution in [2.45, 2.75) is 38.3 Å². The van der Waals surface area contributed by atoms with Crippen molar-refractivity contribution in [2.24, 2.45) is 17.8 Å². The molecule has 2 aliphatic heterocycles. The van der Waals surface area contributed by atoms with Gasteiger partial charge in [0.2, 0.25) is 5.91 Å². The highest BCUT2D eigenvalue weighted by atomic mass is 16.5. The van der Waals surface area contributed by atoms with E-state index >= 15 is 0 Å². The molecule has 2 bridgehead atoms. The molecule has 5 aliphatic rings. The Kier molecular flexibility index (Phi) is 5.46. The maximum atomic E-state index is 14.2. The lowest BCUT2D eigenvalue weighted by molar-refractivity contribution is -0.132. The molecule has 0 spiro atoms. The van der Waals surface area contributed by atoms with Crippen LogP contribution in [0.4, 0.5) is 22.9 Å². The van der Waals surface area contributed by atoms with Gasteiger partial charge in [-0.1, -0.05) is 6.07 Å². The zero-order chi connectivity index (χ0) is 22.4. The van der Waals surface area contributed by atoms with E-state index in [1.54, 1.807) is 6.20 Å². The molecule has 2 aromatic rings. The van der Waals surface area contributed by atoms with Gasteiger partial charge in [0.15, 0.2) is 0 Å². The number of ether oxygens (including phenoxy) is 2. The van der Waals surface area contributed by atoms with Crippen LogP contribution in [0.25, 0.3) is 0 Å². The summed E-state index contributed by atoms with van der Waals surface area (Å²) in [6.45, 7) is 3.74. The summed E-state index contributed by atoms with van der Waals surface area (Å²) in [6.07, 6.45) is 6.36.